The van der Waals surface area contributed by atoms with Gasteiger partial charge in [-0.25, -0.2) is 0 Å². The van der Waals surface area contributed by atoms with Crippen molar-refractivity contribution < 1.29 is 9.53 Å². The van der Waals surface area contributed by atoms with Crippen LogP contribution in [0.5, 0.6) is 5.75 Å². The number of carbonyl (C=O) groups is 1. The van der Waals surface area contributed by atoms with Gasteiger partial charge in [-0.15, -0.1) is 0 Å². The molecule has 1 N–H and O–H groups in total. The lowest BCUT2D eigenvalue weighted by molar-refractivity contribution is -0.116. The van der Waals surface area contributed by atoms with Crippen LogP contribution in [0.1, 0.15) is 12.5 Å². The largest absolute Gasteiger partial charge is 0.457 e. The SMILES string of the molecule is C=C(/C=C(\C=C/C)Oc1ccc2c(c1)CCN2C)C(=O)NC. The summed E-state index contributed by atoms with van der Waals surface area (Å²) in [4.78, 5) is 13.8. The van der Waals surface area contributed by atoms with Crippen LogP contribution in [0.2, 0.25) is 0 Å². The van der Waals surface area contributed by atoms with Crippen molar-refractivity contribution in [3.05, 3.63) is 59.9 Å². The molecule has 0 aliphatic carbocycles. The zero-order valence-corrected chi connectivity index (χ0v) is 13.3. The van der Waals surface area contributed by atoms with Gasteiger partial charge in [0.05, 0.1) is 0 Å². The summed E-state index contributed by atoms with van der Waals surface area (Å²) in [7, 11) is 3.67. The van der Waals surface area contributed by atoms with E-state index in [1.807, 2.05) is 25.1 Å². The standard InChI is InChI=1S/C18H22N2O2/c1-5-6-15(11-13(2)18(21)19-3)22-16-7-8-17-14(12-16)9-10-20(17)4/h5-8,11-12H,2,9-10H2,1,3-4H3,(H,19,21)/b6-5-,15-11+. The number of nitrogens with zero attached hydrogens (tertiary/aromatic N) is 1. The quantitative estimate of drug-likeness (QED) is 0.516. The minimum atomic E-state index is -0.221. The molecule has 0 saturated heterocycles. The summed E-state index contributed by atoms with van der Waals surface area (Å²) in [6.07, 6.45) is 6.34. The van der Waals surface area contributed by atoms with E-state index < -0.39 is 0 Å². The topological polar surface area (TPSA) is 41.6 Å². The first kappa shape index (κ1) is 15.9. The number of anilines is 1. The van der Waals surface area contributed by atoms with Gasteiger partial charge in [0, 0.05) is 31.9 Å². The first-order valence-electron chi connectivity index (χ1n) is 7.32. The predicted molar refractivity (Wildman–Crippen MR) is 90.1 cm³/mol. The second kappa shape index (κ2) is 6.98. The molecule has 0 atom stereocenters. The van der Waals surface area contributed by atoms with Gasteiger partial charge < -0.3 is 15.0 Å². The Morgan fingerprint density at radius 3 is 2.91 bits per heavy atom. The second-order valence-electron chi connectivity index (χ2n) is 5.22. The Kier molecular flexibility index (Phi) is 5.04. The van der Waals surface area contributed by atoms with Gasteiger partial charge in [0.25, 0.3) is 5.91 Å². The number of hydrogen-bond donors (Lipinski definition) is 1. The molecule has 0 unspecified atom stereocenters. The summed E-state index contributed by atoms with van der Waals surface area (Å²) < 4.78 is 5.90. The van der Waals surface area contributed by atoms with Crippen molar-refractivity contribution in [3.63, 3.8) is 0 Å². The van der Waals surface area contributed by atoms with E-state index in [2.05, 4.69) is 36.0 Å². The van der Waals surface area contributed by atoms with E-state index in [1.165, 1.54) is 11.3 Å². The molecule has 1 aliphatic heterocycles. The predicted octanol–water partition coefficient (Wildman–Crippen LogP) is 2.82. The number of carbonyl (C=O) groups excluding carboxylic acids is 1. The van der Waals surface area contributed by atoms with Crippen LogP contribution in [0.3, 0.4) is 0 Å². The molecule has 0 fully saturated rings. The molecule has 0 aromatic heterocycles. The highest BCUT2D eigenvalue weighted by Crippen LogP contribution is 2.30. The van der Waals surface area contributed by atoms with Crippen LogP contribution in [0.4, 0.5) is 5.69 Å². The zero-order valence-electron chi connectivity index (χ0n) is 13.3. The Labute approximate surface area is 131 Å². The lowest BCUT2D eigenvalue weighted by Crippen LogP contribution is -2.18. The molecule has 0 saturated carbocycles. The molecule has 4 heteroatoms. The van der Waals surface area contributed by atoms with Crippen molar-refractivity contribution >= 4 is 11.6 Å². The Bertz CT molecular complexity index is 644. The van der Waals surface area contributed by atoms with Gasteiger partial charge >= 0.3 is 0 Å². The third-order valence-electron chi connectivity index (χ3n) is 3.58. The third kappa shape index (κ3) is 3.58. The number of nitrogens with one attached hydrogen (secondary N) is 1. The van der Waals surface area contributed by atoms with Crippen LogP contribution in [0.25, 0.3) is 0 Å². The summed E-state index contributed by atoms with van der Waals surface area (Å²) in [6.45, 7) is 6.68. The van der Waals surface area contributed by atoms with Crippen LogP contribution >= 0.6 is 0 Å². The van der Waals surface area contributed by atoms with E-state index in [1.54, 1.807) is 13.1 Å². The van der Waals surface area contributed by atoms with Crippen molar-refractivity contribution in [1.82, 2.24) is 5.32 Å². The van der Waals surface area contributed by atoms with Crippen LogP contribution in [-0.2, 0) is 11.2 Å². The number of benzene rings is 1. The minimum absolute atomic E-state index is 0.221. The second-order valence-corrected chi connectivity index (χ2v) is 5.22. The van der Waals surface area contributed by atoms with Gasteiger partial charge in [0.15, 0.2) is 0 Å². The van der Waals surface area contributed by atoms with E-state index in [-0.39, 0.29) is 5.91 Å². The van der Waals surface area contributed by atoms with E-state index in [9.17, 15) is 4.79 Å². The van der Waals surface area contributed by atoms with Gasteiger partial charge in [-0.05, 0) is 49.3 Å². The third-order valence-corrected chi connectivity index (χ3v) is 3.58. The Balaban J connectivity index is 2.20. The smallest absolute Gasteiger partial charge is 0.250 e. The Morgan fingerprint density at radius 2 is 2.23 bits per heavy atom. The summed E-state index contributed by atoms with van der Waals surface area (Å²) in [5.74, 6) is 1.13. The maximum Gasteiger partial charge on any atom is 0.250 e. The van der Waals surface area contributed by atoms with E-state index in [4.69, 9.17) is 4.74 Å². The molecule has 1 aromatic rings. The van der Waals surface area contributed by atoms with Gasteiger partial charge in [-0.2, -0.15) is 0 Å². The first-order valence-corrected chi connectivity index (χ1v) is 7.32. The van der Waals surface area contributed by atoms with Crippen LogP contribution in [0.15, 0.2) is 54.3 Å². The highest BCUT2D eigenvalue weighted by molar-refractivity contribution is 5.95. The lowest BCUT2D eigenvalue weighted by Gasteiger charge is -2.13. The van der Waals surface area contributed by atoms with Gasteiger partial charge in [0.2, 0.25) is 0 Å². The maximum atomic E-state index is 11.6. The van der Waals surface area contributed by atoms with Gasteiger partial charge in [-0.3, -0.25) is 4.79 Å². The fraction of sp³-hybridized carbons (Fsp3) is 0.278. The van der Waals surface area contributed by atoms with E-state index >= 15 is 0 Å². The lowest BCUT2D eigenvalue weighted by atomic mass is 10.1. The average molecular weight is 298 g/mol. The molecule has 0 radical (unpaired) electrons. The van der Waals surface area contributed by atoms with Gasteiger partial charge in [0.1, 0.15) is 11.5 Å². The van der Waals surface area contributed by atoms with Crippen molar-refractivity contribution in [2.45, 2.75) is 13.3 Å². The van der Waals surface area contributed by atoms with Crippen molar-refractivity contribution in [3.8, 4) is 5.75 Å². The molecule has 22 heavy (non-hydrogen) atoms. The number of allylic oxidation sites excluding steroid dienone is 2. The summed E-state index contributed by atoms with van der Waals surface area (Å²) in [5, 5.41) is 2.55. The fourth-order valence-electron chi connectivity index (χ4n) is 2.42. The molecule has 4 nitrogen and oxygen atoms in total. The fourth-order valence-corrected chi connectivity index (χ4v) is 2.42. The summed E-state index contributed by atoms with van der Waals surface area (Å²) >= 11 is 0. The molecule has 1 heterocycles. The number of hydrogen-bond acceptors (Lipinski definition) is 3. The summed E-state index contributed by atoms with van der Waals surface area (Å²) in [5.41, 5.74) is 2.89. The molecule has 2 rings (SSSR count). The highest BCUT2D eigenvalue weighted by atomic mass is 16.5. The van der Waals surface area contributed by atoms with Crippen molar-refractivity contribution in [2.24, 2.45) is 0 Å². The first-order chi connectivity index (χ1) is 10.5. The maximum absolute atomic E-state index is 11.6. The van der Waals surface area contributed by atoms with Crippen LogP contribution < -0.4 is 15.0 Å². The molecule has 1 aromatic carbocycles. The average Bonchev–Trinajstić information content (AvgIpc) is 2.87. The Morgan fingerprint density at radius 1 is 1.45 bits per heavy atom. The van der Waals surface area contributed by atoms with E-state index in [0.717, 1.165) is 18.7 Å². The minimum Gasteiger partial charge on any atom is -0.457 e. The molecule has 1 aliphatic rings. The van der Waals surface area contributed by atoms with E-state index in [0.29, 0.717) is 11.3 Å². The number of likely N-dealkylation sites (N-methyl/N-ethyl adjacent to an activating group) is 2. The number of rotatable bonds is 5. The van der Waals surface area contributed by atoms with Crippen molar-refractivity contribution in [2.75, 3.05) is 25.5 Å². The number of amides is 1. The number of fused-ring (bicyclic) bond motifs is 1. The normalized spacial score (nSPS) is 14.1. The molecule has 1 amide bonds. The summed E-state index contributed by atoms with van der Waals surface area (Å²) in [6, 6.07) is 6.07. The number of ether oxygens (including phenoxy) is 1. The van der Waals surface area contributed by atoms with Gasteiger partial charge in [-0.1, -0.05) is 12.7 Å². The molecule has 0 spiro atoms. The molecular weight excluding hydrogens is 276 g/mol. The van der Waals surface area contributed by atoms with Crippen LogP contribution in [0, 0.1) is 0 Å². The Hall–Kier alpha value is -2.49. The zero-order chi connectivity index (χ0) is 16.1. The highest BCUT2D eigenvalue weighted by Gasteiger charge is 2.16. The van der Waals surface area contributed by atoms with Crippen molar-refractivity contribution in [1.29, 1.82) is 0 Å². The van der Waals surface area contributed by atoms with Crippen LogP contribution in [-0.4, -0.2) is 26.5 Å². The molecular formula is C18H22N2O2. The molecule has 0 bridgehead atoms. The monoisotopic (exact) mass is 298 g/mol. The molecule has 116 valence electrons.